The van der Waals surface area contributed by atoms with Crippen LogP contribution in [0.1, 0.15) is 21.0 Å². The number of rotatable bonds is 3. The van der Waals surface area contributed by atoms with Gasteiger partial charge in [-0.3, -0.25) is 4.79 Å². The van der Waals surface area contributed by atoms with Crippen LogP contribution in [0.3, 0.4) is 0 Å². The van der Waals surface area contributed by atoms with Gasteiger partial charge in [-0.25, -0.2) is 0 Å². The molecule has 3 rings (SSSR count). The van der Waals surface area contributed by atoms with Crippen LogP contribution >= 0.6 is 31.9 Å². The first-order chi connectivity index (χ1) is 10.2. The van der Waals surface area contributed by atoms with Gasteiger partial charge in [-0.05, 0) is 17.7 Å². The molecule has 21 heavy (non-hydrogen) atoms. The number of alkyl halides is 2. The second kappa shape index (κ2) is 6.16. The van der Waals surface area contributed by atoms with Crippen LogP contribution in [0, 0.1) is 0 Å². The van der Waals surface area contributed by atoms with E-state index in [0.29, 0.717) is 16.7 Å². The Labute approximate surface area is 139 Å². The van der Waals surface area contributed by atoms with Crippen LogP contribution in [-0.2, 0) is 0 Å². The summed E-state index contributed by atoms with van der Waals surface area (Å²) < 4.78 is 5.87. The third-order valence-corrected chi connectivity index (χ3v) is 6.05. The summed E-state index contributed by atoms with van der Waals surface area (Å²) in [4.78, 5) is 12.1. The molecule has 0 saturated heterocycles. The van der Waals surface area contributed by atoms with Crippen LogP contribution in [0.15, 0.2) is 69.9 Å². The van der Waals surface area contributed by atoms with E-state index in [1.807, 2.05) is 48.5 Å². The predicted molar refractivity (Wildman–Crippen MR) is 92.3 cm³/mol. The van der Waals surface area contributed by atoms with Crippen molar-refractivity contribution in [3.8, 4) is 0 Å². The lowest BCUT2D eigenvalue weighted by Crippen LogP contribution is -2.06. The summed E-state index contributed by atoms with van der Waals surface area (Å²) in [7, 11) is 0. The standard InChI is InChI=1S/C17H12Br2O2/c18-16(11-6-2-1-3-7-11)17(19)15-10-13(20)12-8-4-5-9-14(12)21-15/h1-10,16-17H/t16-,17+/m1/s1. The summed E-state index contributed by atoms with van der Waals surface area (Å²) in [6.07, 6.45) is 0. The molecule has 106 valence electrons. The summed E-state index contributed by atoms with van der Waals surface area (Å²) in [5, 5.41) is 0.604. The van der Waals surface area contributed by atoms with Gasteiger partial charge in [0.15, 0.2) is 5.43 Å². The Hall–Kier alpha value is -1.39. The van der Waals surface area contributed by atoms with Gasteiger partial charge in [0.2, 0.25) is 0 Å². The van der Waals surface area contributed by atoms with Gasteiger partial charge in [0.25, 0.3) is 0 Å². The van der Waals surface area contributed by atoms with Crippen LogP contribution in [0.5, 0.6) is 0 Å². The summed E-state index contributed by atoms with van der Waals surface area (Å²) >= 11 is 7.30. The minimum Gasteiger partial charge on any atom is -0.460 e. The Morgan fingerprint density at radius 1 is 0.857 bits per heavy atom. The van der Waals surface area contributed by atoms with Crippen molar-refractivity contribution in [2.75, 3.05) is 0 Å². The highest BCUT2D eigenvalue weighted by Gasteiger charge is 2.22. The molecule has 0 saturated carbocycles. The van der Waals surface area contributed by atoms with E-state index in [1.165, 1.54) is 0 Å². The molecule has 2 nitrogen and oxygen atoms in total. The molecule has 4 heteroatoms. The predicted octanol–water partition coefficient (Wildman–Crippen LogP) is 5.37. The highest BCUT2D eigenvalue weighted by Crippen LogP contribution is 2.42. The Morgan fingerprint density at radius 2 is 1.52 bits per heavy atom. The average Bonchev–Trinajstić information content (AvgIpc) is 2.54. The third-order valence-electron chi connectivity index (χ3n) is 3.30. The molecule has 0 aliphatic rings. The summed E-state index contributed by atoms with van der Waals surface area (Å²) in [5.41, 5.74) is 1.71. The SMILES string of the molecule is O=c1cc([C@H](Br)[C@H](Br)c2ccccc2)oc2ccccc12. The van der Waals surface area contributed by atoms with Gasteiger partial charge in [-0.1, -0.05) is 74.3 Å². The number of hydrogen-bond donors (Lipinski definition) is 0. The van der Waals surface area contributed by atoms with E-state index >= 15 is 0 Å². The molecule has 0 radical (unpaired) electrons. The molecule has 0 bridgehead atoms. The monoisotopic (exact) mass is 406 g/mol. The van der Waals surface area contributed by atoms with Crippen molar-refractivity contribution in [2.45, 2.75) is 9.65 Å². The number of fused-ring (bicyclic) bond motifs is 1. The Bertz CT molecular complexity index is 812. The molecular formula is C17H12Br2O2. The van der Waals surface area contributed by atoms with Crippen molar-refractivity contribution in [3.63, 3.8) is 0 Å². The number of benzene rings is 2. The van der Waals surface area contributed by atoms with Gasteiger partial charge in [-0.15, -0.1) is 0 Å². The van der Waals surface area contributed by atoms with E-state index in [-0.39, 0.29) is 15.1 Å². The zero-order valence-corrected chi connectivity index (χ0v) is 14.2. The fourth-order valence-corrected chi connectivity index (χ4v) is 3.31. The molecule has 0 spiro atoms. The van der Waals surface area contributed by atoms with E-state index in [1.54, 1.807) is 12.1 Å². The molecule has 1 aromatic heterocycles. The van der Waals surface area contributed by atoms with Crippen LogP contribution < -0.4 is 5.43 Å². The lowest BCUT2D eigenvalue weighted by Gasteiger charge is -2.16. The second-order valence-corrected chi connectivity index (χ2v) is 6.70. The van der Waals surface area contributed by atoms with Gasteiger partial charge >= 0.3 is 0 Å². The molecule has 2 aromatic carbocycles. The maximum absolute atomic E-state index is 12.2. The molecule has 3 aromatic rings. The van der Waals surface area contributed by atoms with E-state index in [0.717, 1.165) is 5.56 Å². The largest absolute Gasteiger partial charge is 0.460 e. The quantitative estimate of drug-likeness (QED) is 0.546. The van der Waals surface area contributed by atoms with Crippen LogP contribution in [0.25, 0.3) is 11.0 Å². The molecule has 0 fully saturated rings. The number of halogens is 2. The lowest BCUT2D eigenvalue weighted by atomic mass is 10.1. The fourth-order valence-electron chi connectivity index (χ4n) is 2.21. The maximum atomic E-state index is 12.2. The summed E-state index contributed by atoms with van der Waals surface area (Å²) in [5.74, 6) is 0.615. The van der Waals surface area contributed by atoms with Gasteiger partial charge in [0, 0.05) is 6.07 Å². The molecule has 0 unspecified atom stereocenters. The zero-order valence-electron chi connectivity index (χ0n) is 11.0. The fraction of sp³-hybridized carbons (Fsp3) is 0.118. The van der Waals surface area contributed by atoms with Crippen LogP contribution in [0.2, 0.25) is 0 Å². The molecular weight excluding hydrogens is 396 g/mol. The van der Waals surface area contributed by atoms with E-state index in [9.17, 15) is 4.79 Å². The maximum Gasteiger partial charge on any atom is 0.192 e. The van der Waals surface area contributed by atoms with Crippen molar-refractivity contribution >= 4 is 42.8 Å². The first kappa shape index (κ1) is 14.5. The smallest absolute Gasteiger partial charge is 0.192 e. The third kappa shape index (κ3) is 2.97. The molecule has 1 heterocycles. The second-order valence-electron chi connectivity index (χ2n) is 4.72. The first-order valence-corrected chi connectivity index (χ1v) is 8.36. The molecule has 0 amide bonds. The number of hydrogen-bond acceptors (Lipinski definition) is 2. The van der Waals surface area contributed by atoms with Crippen molar-refractivity contribution in [1.29, 1.82) is 0 Å². The van der Waals surface area contributed by atoms with Crippen molar-refractivity contribution in [1.82, 2.24) is 0 Å². The normalized spacial score (nSPS) is 14.0. The average molecular weight is 408 g/mol. The topological polar surface area (TPSA) is 30.2 Å². The molecule has 0 N–H and O–H groups in total. The van der Waals surface area contributed by atoms with Crippen LogP contribution in [0.4, 0.5) is 0 Å². The zero-order chi connectivity index (χ0) is 14.8. The van der Waals surface area contributed by atoms with Crippen molar-refractivity contribution < 1.29 is 4.42 Å². The van der Waals surface area contributed by atoms with Gasteiger partial charge in [0.05, 0.1) is 15.0 Å². The van der Waals surface area contributed by atoms with Crippen LogP contribution in [-0.4, -0.2) is 0 Å². The van der Waals surface area contributed by atoms with E-state index in [2.05, 4.69) is 31.9 Å². The first-order valence-electron chi connectivity index (χ1n) is 6.52. The highest BCUT2D eigenvalue weighted by atomic mass is 79.9. The summed E-state index contributed by atoms with van der Waals surface area (Å²) in [6.45, 7) is 0. The van der Waals surface area contributed by atoms with Gasteiger partial charge < -0.3 is 4.42 Å². The lowest BCUT2D eigenvalue weighted by molar-refractivity contribution is 0.531. The van der Waals surface area contributed by atoms with Gasteiger partial charge in [-0.2, -0.15) is 0 Å². The van der Waals surface area contributed by atoms with Gasteiger partial charge in [0.1, 0.15) is 11.3 Å². The Kier molecular flexibility index (Phi) is 4.27. The Morgan fingerprint density at radius 3 is 2.29 bits per heavy atom. The number of para-hydroxylation sites is 1. The minimum atomic E-state index is -0.128. The van der Waals surface area contributed by atoms with E-state index in [4.69, 9.17) is 4.42 Å². The molecule has 0 aliphatic carbocycles. The molecule has 2 atom stereocenters. The van der Waals surface area contributed by atoms with Crippen molar-refractivity contribution in [2.24, 2.45) is 0 Å². The molecule has 0 aliphatic heterocycles. The highest BCUT2D eigenvalue weighted by molar-refractivity contribution is 9.12. The Balaban J connectivity index is 2.02. The minimum absolute atomic E-state index is 0.0167. The van der Waals surface area contributed by atoms with Crippen molar-refractivity contribution in [3.05, 3.63) is 82.2 Å². The van der Waals surface area contributed by atoms with E-state index < -0.39 is 0 Å². The summed E-state index contributed by atoms with van der Waals surface area (Å²) in [6, 6.07) is 18.9.